The molecule has 310 valence electrons. The van der Waals surface area contributed by atoms with Crippen LogP contribution < -0.4 is 26.2 Å². The molecule has 17 heteroatoms. The van der Waals surface area contributed by atoms with Crippen molar-refractivity contribution in [1.82, 2.24) is 34.6 Å². The molecular formula is C42H51N11O6. The maximum Gasteiger partial charge on any atom is 0.321 e. The van der Waals surface area contributed by atoms with Gasteiger partial charge in [0.1, 0.15) is 17.7 Å². The van der Waals surface area contributed by atoms with Crippen molar-refractivity contribution in [2.45, 2.75) is 64.6 Å². The van der Waals surface area contributed by atoms with Crippen LogP contribution in [0.2, 0.25) is 0 Å². The van der Waals surface area contributed by atoms with E-state index >= 15 is 0 Å². The highest BCUT2D eigenvalue weighted by Crippen LogP contribution is 2.32. The molecule has 3 fully saturated rings. The highest BCUT2D eigenvalue weighted by Gasteiger charge is 2.45. The number of piperazine rings is 1. The summed E-state index contributed by atoms with van der Waals surface area (Å²) in [4.78, 5) is 75.7. The van der Waals surface area contributed by atoms with Crippen molar-refractivity contribution in [1.29, 1.82) is 0 Å². The minimum absolute atomic E-state index is 0.0110. The van der Waals surface area contributed by atoms with Gasteiger partial charge in [-0.2, -0.15) is 9.61 Å². The summed E-state index contributed by atoms with van der Waals surface area (Å²) in [6.45, 7) is 12.2. The summed E-state index contributed by atoms with van der Waals surface area (Å²) in [6.07, 6.45) is 2.81. The van der Waals surface area contributed by atoms with Gasteiger partial charge in [-0.15, -0.1) is 0 Å². The van der Waals surface area contributed by atoms with Crippen LogP contribution in [-0.2, 0) is 16.1 Å². The van der Waals surface area contributed by atoms with Gasteiger partial charge >= 0.3 is 6.03 Å². The quantitative estimate of drug-likeness (QED) is 0.124. The largest absolute Gasteiger partial charge is 0.394 e. The van der Waals surface area contributed by atoms with Crippen LogP contribution in [0.5, 0.6) is 0 Å². The van der Waals surface area contributed by atoms with Gasteiger partial charge < -0.3 is 30.9 Å². The normalized spacial score (nSPS) is 19.3. The molecular weight excluding hydrogens is 755 g/mol. The minimum atomic E-state index is -0.987. The number of anilines is 4. The van der Waals surface area contributed by atoms with E-state index in [-0.39, 0.29) is 48.6 Å². The van der Waals surface area contributed by atoms with Crippen molar-refractivity contribution >= 4 is 58.3 Å². The standard InChI is InChI=1S/C42H51N11O6/c1-4-28(24-54)45-35-18-36(53-38(47-35)33(20-44-53)25(2)3)43-19-26-5-7-29(8-6-26)46-42(59)51-22-27(23-51)21-49-13-15-50(16-14-49)30-9-10-31-32(17-30)41(58)52(40(31)57)34-11-12-37(55)48-39(34)56/h5-10,17-18,20,25,27-28,34,43,54H,4,11-16,19,21-24H2,1-3H3,(H,45,47)(H,46,59)(H,48,55,56)/t28-,34?/m0/s1. The van der Waals surface area contributed by atoms with E-state index in [2.05, 4.69) is 50.0 Å². The monoisotopic (exact) mass is 805 g/mol. The number of fused-ring (bicyclic) bond motifs is 2. The van der Waals surface area contributed by atoms with E-state index in [9.17, 15) is 29.1 Å². The number of aliphatic hydroxyl groups excluding tert-OH is 1. The Morgan fingerprint density at radius 2 is 1.71 bits per heavy atom. The van der Waals surface area contributed by atoms with Crippen molar-refractivity contribution in [3.05, 3.63) is 77.0 Å². The van der Waals surface area contributed by atoms with Gasteiger partial charge in [0.25, 0.3) is 11.8 Å². The van der Waals surface area contributed by atoms with Crippen molar-refractivity contribution in [2.75, 3.05) is 73.3 Å². The van der Waals surface area contributed by atoms with Crippen LogP contribution in [0.25, 0.3) is 5.65 Å². The van der Waals surface area contributed by atoms with Gasteiger partial charge in [-0.1, -0.05) is 32.9 Å². The summed E-state index contributed by atoms with van der Waals surface area (Å²) in [6, 6.07) is 13.7. The molecule has 4 aliphatic heterocycles. The number of aliphatic hydroxyl groups is 1. The zero-order valence-corrected chi connectivity index (χ0v) is 33.6. The molecule has 6 amide bonds. The smallest absolute Gasteiger partial charge is 0.321 e. The fourth-order valence-electron chi connectivity index (χ4n) is 8.23. The van der Waals surface area contributed by atoms with Crippen molar-refractivity contribution in [3.63, 3.8) is 0 Å². The molecule has 3 saturated heterocycles. The third kappa shape index (κ3) is 8.16. The Balaban J connectivity index is 0.786. The molecule has 1 unspecified atom stereocenters. The molecule has 4 aromatic rings. The Morgan fingerprint density at radius 1 is 0.966 bits per heavy atom. The molecule has 59 heavy (non-hydrogen) atoms. The summed E-state index contributed by atoms with van der Waals surface area (Å²) in [7, 11) is 0. The second kappa shape index (κ2) is 16.7. The van der Waals surface area contributed by atoms with E-state index in [0.717, 1.165) is 78.0 Å². The number of hydrogen-bond donors (Lipinski definition) is 5. The Kier molecular flexibility index (Phi) is 11.2. The molecule has 0 aliphatic carbocycles. The molecule has 17 nitrogen and oxygen atoms in total. The average molecular weight is 806 g/mol. The summed E-state index contributed by atoms with van der Waals surface area (Å²) < 4.78 is 1.81. The van der Waals surface area contributed by atoms with E-state index < -0.39 is 29.7 Å². The van der Waals surface area contributed by atoms with Gasteiger partial charge in [0, 0.05) is 87.7 Å². The molecule has 0 saturated carbocycles. The SMILES string of the molecule is CC[C@@H](CO)Nc1cc(NCc2ccc(NC(=O)N3CC(CN4CCN(c5ccc6c(c5)C(=O)N(C5CCC(=O)NC5=O)C6=O)CC4)C3)cc2)n2ncc(C(C)C)c2n1. The lowest BCUT2D eigenvalue weighted by molar-refractivity contribution is -0.136. The molecule has 0 radical (unpaired) electrons. The summed E-state index contributed by atoms with van der Waals surface area (Å²) in [5.74, 6) is 0.0404. The fraction of sp³-hybridized carbons (Fsp3) is 0.452. The Hall–Kier alpha value is -6.07. The third-order valence-electron chi connectivity index (χ3n) is 11.8. The molecule has 2 aromatic heterocycles. The molecule has 8 rings (SSSR count). The van der Waals surface area contributed by atoms with Crippen LogP contribution in [0.1, 0.15) is 77.8 Å². The number of piperidine rings is 1. The maximum absolute atomic E-state index is 13.3. The van der Waals surface area contributed by atoms with Gasteiger partial charge in [0.15, 0.2) is 5.65 Å². The predicted octanol–water partition coefficient (Wildman–Crippen LogP) is 3.33. The van der Waals surface area contributed by atoms with Crippen molar-refractivity contribution < 1.29 is 29.1 Å². The number of nitrogens with one attached hydrogen (secondary N) is 4. The van der Waals surface area contributed by atoms with Crippen LogP contribution >= 0.6 is 0 Å². The number of hydrogen-bond acceptors (Lipinski definition) is 12. The summed E-state index contributed by atoms with van der Waals surface area (Å²) >= 11 is 0. The zero-order valence-electron chi connectivity index (χ0n) is 33.6. The number of carbonyl (C=O) groups excluding carboxylic acids is 5. The number of imide groups is 2. The number of likely N-dealkylation sites (tertiary alicyclic amines) is 1. The Labute approximate surface area is 342 Å². The number of aromatic nitrogens is 3. The summed E-state index contributed by atoms with van der Waals surface area (Å²) in [5.41, 5.74) is 4.97. The minimum Gasteiger partial charge on any atom is -0.394 e. The van der Waals surface area contributed by atoms with Crippen LogP contribution in [0.15, 0.2) is 54.7 Å². The van der Waals surface area contributed by atoms with E-state index in [0.29, 0.717) is 31.4 Å². The number of benzene rings is 2. The number of rotatable bonds is 13. The van der Waals surface area contributed by atoms with Crippen LogP contribution in [0, 0.1) is 5.92 Å². The maximum atomic E-state index is 13.3. The van der Waals surface area contributed by atoms with Gasteiger partial charge in [-0.25, -0.2) is 9.78 Å². The topological polar surface area (TPSA) is 197 Å². The number of urea groups is 1. The molecule has 2 atom stereocenters. The van der Waals surface area contributed by atoms with Gasteiger partial charge in [0.05, 0.1) is 30.0 Å². The Morgan fingerprint density at radius 3 is 2.41 bits per heavy atom. The molecule has 0 spiro atoms. The van der Waals surface area contributed by atoms with Crippen LogP contribution in [0.3, 0.4) is 0 Å². The highest BCUT2D eigenvalue weighted by atomic mass is 16.3. The predicted molar refractivity (Wildman–Crippen MR) is 221 cm³/mol. The van der Waals surface area contributed by atoms with E-state index in [1.165, 1.54) is 0 Å². The molecule has 5 N–H and O–H groups in total. The molecule has 6 heterocycles. The highest BCUT2D eigenvalue weighted by molar-refractivity contribution is 6.23. The second-order valence-electron chi connectivity index (χ2n) is 16.2. The molecule has 0 bridgehead atoms. The first-order valence-electron chi connectivity index (χ1n) is 20.5. The molecule has 4 aliphatic rings. The summed E-state index contributed by atoms with van der Waals surface area (Å²) in [5, 5.41) is 26.4. The van der Waals surface area contributed by atoms with E-state index in [1.807, 2.05) is 58.9 Å². The third-order valence-corrected chi connectivity index (χ3v) is 11.8. The van der Waals surface area contributed by atoms with Crippen LogP contribution in [0.4, 0.5) is 27.8 Å². The lowest BCUT2D eigenvalue weighted by Gasteiger charge is -2.43. The van der Waals surface area contributed by atoms with E-state index in [1.54, 1.807) is 12.1 Å². The first kappa shape index (κ1) is 39.7. The number of nitrogens with zero attached hydrogens (tertiary/aromatic N) is 7. The second-order valence-corrected chi connectivity index (χ2v) is 16.2. The number of amides is 6. The van der Waals surface area contributed by atoms with E-state index in [4.69, 9.17) is 4.98 Å². The first-order chi connectivity index (χ1) is 28.5. The van der Waals surface area contributed by atoms with Crippen LogP contribution in [-0.4, -0.2) is 129 Å². The zero-order chi connectivity index (χ0) is 41.4. The fourth-order valence-corrected chi connectivity index (χ4v) is 8.23. The van der Waals surface area contributed by atoms with Gasteiger partial charge in [0.2, 0.25) is 11.8 Å². The van der Waals surface area contributed by atoms with Crippen molar-refractivity contribution in [2.24, 2.45) is 5.92 Å². The van der Waals surface area contributed by atoms with Gasteiger partial charge in [-0.3, -0.25) is 34.3 Å². The Bertz CT molecular complexity index is 2260. The average Bonchev–Trinajstić information content (AvgIpc) is 3.76. The first-order valence-corrected chi connectivity index (χ1v) is 20.5. The number of carbonyl (C=O) groups is 5. The lowest BCUT2D eigenvalue weighted by atomic mass is 9.99. The molecule has 2 aromatic carbocycles. The lowest BCUT2D eigenvalue weighted by Crippen LogP contribution is -2.57. The van der Waals surface area contributed by atoms with Gasteiger partial charge in [-0.05, 0) is 54.7 Å². The van der Waals surface area contributed by atoms with Crippen molar-refractivity contribution in [3.8, 4) is 0 Å².